The van der Waals surface area contributed by atoms with Crippen LogP contribution in [0.25, 0.3) is 16.3 Å². The third kappa shape index (κ3) is 5.12. The number of thioether (sulfide) groups is 3. The van der Waals surface area contributed by atoms with Gasteiger partial charge in [-0.25, -0.2) is 0 Å². The highest BCUT2D eigenvalue weighted by Crippen LogP contribution is 2.52. The molecule has 0 spiro atoms. The Kier molecular flexibility index (Phi) is 8.00. The molecule has 196 valence electrons. The number of nitrogens with zero attached hydrogens (tertiary/aromatic N) is 1. The van der Waals surface area contributed by atoms with Crippen LogP contribution in [0.15, 0.2) is 90.9 Å². The molecule has 0 amide bonds. The van der Waals surface area contributed by atoms with E-state index in [9.17, 15) is 0 Å². The molecular formula is C33H36NS4+. The van der Waals surface area contributed by atoms with Crippen molar-refractivity contribution in [3.05, 3.63) is 86.8 Å². The number of hydrogen-bond acceptors (Lipinski definition) is 4. The van der Waals surface area contributed by atoms with Gasteiger partial charge in [0.15, 0.2) is 0 Å². The van der Waals surface area contributed by atoms with E-state index in [1.165, 1.54) is 83.6 Å². The third-order valence-electron chi connectivity index (χ3n) is 8.20. The Bertz CT molecular complexity index is 1500. The summed E-state index contributed by atoms with van der Waals surface area (Å²) in [6, 6.07) is 13.9. The average molecular weight is 575 g/mol. The zero-order valence-corrected chi connectivity index (χ0v) is 26.0. The number of aromatic nitrogens is 1. The van der Waals surface area contributed by atoms with Crippen molar-refractivity contribution in [1.82, 2.24) is 0 Å². The maximum absolute atomic E-state index is 2.53. The highest BCUT2D eigenvalue weighted by atomic mass is 32.2. The van der Waals surface area contributed by atoms with Gasteiger partial charge in [-0.05, 0) is 121 Å². The molecule has 2 aromatic carbocycles. The molecule has 0 bridgehead atoms. The van der Waals surface area contributed by atoms with Crippen LogP contribution in [-0.2, 0) is 6.54 Å². The quantitative estimate of drug-likeness (QED) is 0.213. The summed E-state index contributed by atoms with van der Waals surface area (Å²) in [6.45, 7) is 5.61. The lowest BCUT2D eigenvalue weighted by molar-refractivity contribution is -0.665. The first-order valence-electron chi connectivity index (χ1n) is 13.8. The first kappa shape index (κ1) is 26.6. The maximum Gasteiger partial charge on any atom is 0.263 e. The minimum atomic E-state index is 0.542. The Labute approximate surface area is 244 Å². The van der Waals surface area contributed by atoms with E-state index in [0.29, 0.717) is 5.92 Å². The summed E-state index contributed by atoms with van der Waals surface area (Å²) in [5, 5.41) is 1.38. The van der Waals surface area contributed by atoms with Gasteiger partial charge in [-0.15, -0.1) is 23.5 Å². The van der Waals surface area contributed by atoms with Crippen LogP contribution < -0.4 is 4.57 Å². The van der Waals surface area contributed by atoms with E-state index in [1.54, 1.807) is 5.57 Å². The fourth-order valence-corrected chi connectivity index (χ4v) is 9.56. The molecule has 6 rings (SSSR count). The Hall–Kier alpha value is -1.66. The highest BCUT2D eigenvalue weighted by molar-refractivity contribution is 8.03. The number of allylic oxidation sites excluding steroid dienone is 7. The molecule has 2 atom stereocenters. The second kappa shape index (κ2) is 11.4. The molecule has 0 saturated heterocycles. The fourth-order valence-electron chi connectivity index (χ4n) is 6.14. The zero-order valence-electron chi connectivity index (χ0n) is 22.8. The van der Waals surface area contributed by atoms with E-state index in [4.69, 9.17) is 0 Å². The molecule has 5 heteroatoms. The second-order valence-corrected chi connectivity index (χ2v) is 14.3. The van der Waals surface area contributed by atoms with E-state index >= 15 is 0 Å². The molecule has 3 aliphatic rings. The molecule has 0 saturated carbocycles. The van der Waals surface area contributed by atoms with Crippen molar-refractivity contribution < 1.29 is 4.57 Å². The zero-order chi connectivity index (χ0) is 26.2. The number of rotatable bonds is 6. The molecule has 0 fully saturated rings. The maximum atomic E-state index is 2.53. The van der Waals surface area contributed by atoms with E-state index in [-0.39, 0.29) is 0 Å². The van der Waals surface area contributed by atoms with Gasteiger partial charge < -0.3 is 0 Å². The SMILES string of the molecule is CCC1/C(=C/C2=CC3=C/C(=C/c4sc5ccc(SC)cc5[n+]4CC)CCC3CC2)Sc2ccc(SC)cc21. The van der Waals surface area contributed by atoms with Crippen LogP contribution in [0.2, 0.25) is 0 Å². The molecule has 3 aromatic rings. The Morgan fingerprint density at radius 1 is 0.947 bits per heavy atom. The number of benzene rings is 2. The number of fused-ring (bicyclic) bond motifs is 3. The fraction of sp³-hybridized carbons (Fsp3) is 0.364. The van der Waals surface area contributed by atoms with Crippen molar-refractivity contribution in [2.45, 2.75) is 73.1 Å². The van der Waals surface area contributed by atoms with Gasteiger partial charge in [0.05, 0.1) is 0 Å². The van der Waals surface area contributed by atoms with Crippen LogP contribution >= 0.6 is 46.6 Å². The van der Waals surface area contributed by atoms with Crippen molar-refractivity contribution in [3.63, 3.8) is 0 Å². The Balaban J connectivity index is 1.30. The monoisotopic (exact) mass is 574 g/mol. The van der Waals surface area contributed by atoms with Gasteiger partial charge in [-0.2, -0.15) is 4.57 Å². The minimum absolute atomic E-state index is 0.542. The molecule has 2 heterocycles. The van der Waals surface area contributed by atoms with Crippen molar-refractivity contribution in [3.8, 4) is 0 Å². The van der Waals surface area contributed by atoms with Crippen molar-refractivity contribution in [1.29, 1.82) is 0 Å². The molecule has 1 aliphatic heterocycles. The number of thiazole rings is 1. The smallest absolute Gasteiger partial charge is 0.182 e. The lowest BCUT2D eigenvalue weighted by Crippen LogP contribution is -2.33. The summed E-state index contributed by atoms with van der Waals surface area (Å²) in [5.41, 5.74) is 7.45. The molecule has 2 unspecified atom stereocenters. The molecule has 2 aliphatic carbocycles. The predicted molar refractivity (Wildman–Crippen MR) is 171 cm³/mol. The summed E-state index contributed by atoms with van der Waals surface area (Å²) in [5.74, 6) is 1.26. The summed E-state index contributed by atoms with van der Waals surface area (Å²) in [7, 11) is 0. The molecule has 1 aromatic heterocycles. The van der Waals surface area contributed by atoms with E-state index < -0.39 is 0 Å². The largest absolute Gasteiger partial charge is 0.263 e. The molecular weight excluding hydrogens is 539 g/mol. The van der Waals surface area contributed by atoms with Crippen LogP contribution in [-0.4, -0.2) is 12.5 Å². The van der Waals surface area contributed by atoms with Gasteiger partial charge >= 0.3 is 0 Å². The lowest BCUT2D eigenvalue weighted by Gasteiger charge is -2.28. The molecule has 0 radical (unpaired) electrons. The highest BCUT2D eigenvalue weighted by Gasteiger charge is 2.29. The first-order chi connectivity index (χ1) is 18.6. The van der Waals surface area contributed by atoms with E-state index in [0.717, 1.165) is 12.5 Å². The number of hydrogen-bond donors (Lipinski definition) is 0. The predicted octanol–water partition coefficient (Wildman–Crippen LogP) is 10.3. The van der Waals surface area contributed by atoms with Gasteiger partial charge in [0.25, 0.3) is 5.01 Å². The minimum Gasteiger partial charge on any atom is -0.182 e. The van der Waals surface area contributed by atoms with Crippen LogP contribution in [0.5, 0.6) is 0 Å². The van der Waals surface area contributed by atoms with Gasteiger partial charge in [-0.1, -0.05) is 42.2 Å². The Morgan fingerprint density at radius 3 is 2.53 bits per heavy atom. The average Bonchev–Trinajstić information content (AvgIpc) is 3.47. The summed E-state index contributed by atoms with van der Waals surface area (Å²) >= 11 is 7.60. The van der Waals surface area contributed by atoms with Crippen molar-refractivity contribution >= 4 is 62.9 Å². The molecule has 1 nitrogen and oxygen atoms in total. The molecule has 0 N–H and O–H groups in total. The van der Waals surface area contributed by atoms with Gasteiger partial charge in [0, 0.05) is 32.7 Å². The van der Waals surface area contributed by atoms with E-state index in [2.05, 4.69) is 91.6 Å². The normalized spacial score (nSPS) is 23.1. The van der Waals surface area contributed by atoms with Crippen molar-refractivity contribution in [2.24, 2.45) is 5.92 Å². The van der Waals surface area contributed by atoms with E-state index in [1.807, 2.05) is 46.6 Å². The van der Waals surface area contributed by atoms with Crippen LogP contribution in [0.3, 0.4) is 0 Å². The lowest BCUT2D eigenvalue weighted by atomic mass is 9.77. The summed E-state index contributed by atoms with van der Waals surface area (Å²) in [4.78, 5) is 5.71. The van der Waals surface area contributed by atoms with Crippen LogP contribution in [0.4, 0.5) is 0 Å². The van der Waals surface area contributed by atoms with Gasteiger partial charge in [0.1, 0.15) is 11.2 Å². The second-order valence-electron chi connectivity index (χ2n) is 10.4. The van der Waals surface area contributed by atoms with Crippen LogP contribution in [0.1, 0.15) is 62.4 Å². The molecule has 38 heavy (non-hydrogen) atoms. The summed E-state index contributed by atoms with van der Waals surface area (Å²) in [6.07, 6.45) is 20.5. The van der Waals surface area contributed by atoms with Crippen LogP contribution in [0, 0.1) is 5.92 Å². The topological polar surface area (TPSA) is 3.88 Å². The van der Waals surface area contributed by atoms with Gasteiger partial charge in [-0.3, -0.25) is 0 Å². The van der Waals surface area contributed by atoms with Crippen molar-refractivity contribution in [2.75, 3.05) is 12.5 Å². The van der Waals surface area contributed by atoms with Gasteiger partial charge in [0.2, 0.25) is 5.52 Å². The Morgan fingerprint density at radius 2 is 1.74 bits per heavy atom. The summed E-state index contributed by atoms with van der Waals surface area (Å²) < 4.78 is 3.88. The standard InChI is InChI=1S/C33H36NS4/c1-5-27-28-19-25(35-3)11-13-30(28)37-32(27)17-21-7-9-23-10-8-22(16-24(23)15-21)18-33-34(6-2)29-20-26(36-4)12-14-31(29)38-33/h11-20,23,27H,5-10H2,1-4H3/q+1/b22-18+,32-17-. The third-order valence-corrected chi connectivity index (χ3v) is 12.0. The number of aryl methyl sites for hydroxylation is 1. The first-order valence-corrected chi connectivity index (χ1v) is 17.9.